The number of hydrogen-bond donors (Lipinski definition) is 1. The lowest BCUT2D eigenvalue weighted by Crippen LogP contribution is -2.32. The Labute approximate surface area is 160 Å². The molecular weight excluding hydrogens is 360 g/mol. The van der Waals surface area contributed by atoms with Crippen LogP contribution in [0.3, 0.4) is 0 Å². The first-order valence-corrected chi connectivity index (χ1v) is 9.62. The second-order valence-electron chi connectivity index (χ2n) is 6.17. The summed E-state index contributed by atoms with van der Waals surface area (Å²) >= 11 is 1.50. The van der Waals surface area contributed by atoms with Gasteiger partial charge in [0.2, 0.25) is 0 Å². The van der Waals surface area contributed by atoms with Gasteiger partial charge in [0, 0.05) is 32.0 Å². The van der Waals surface area contributed by atoms with Gasteiger partial charge in [-0.3, -0.25) is 9.69 Å². The lowest BCUT2D eigenvalue weighted by atomic mass is 10.2. The summed E-state index contributed by atoms with van der Waals surface area (Å²) in [4.78, 5) is 19.4. The van der Waals surface area contributed by atoms with Gasteiger partial charge in [0.15, 0.2) is 10.9 Å². The van der Waals surface area contributed by atoms with Crippen LogP contribution in [0.5, 0.6) is 0 Å². The number of nitrogens with two attached hydrogens (primary N) is 1. The molecule has 0 aliphatic carbocycles. The van der Waals surface area contributed by atoms with Crippen LogP contribution in [0.2, 0.25) is 0 Å². The molecule has 0 fully saturated rings. The van der Waals surface area contributed by atoms with E-state index in [4.69, 9.17) is 15.1 Å². The molecule has 1 amide bonds. The number of nitrogens with zero attached hydrogens (tertiary/aromatic N) is 3. The molecule has 138 valence electrons. The Morgan fingerprint density at radius 3 is 2.78 bits per heavy atom. The van der Waals surface area contributed by atoms with E-state index in [2.05, 4.69) is 4.57 Å². The van der Waals surface area contributed by atoms with Gasteiger partial charge in [-0.05, 0) is 42.3 Å². The van der Waals surface area contributed by atoms with Crippen LogP contribution in [0, 0.1) is 0 Å². The molecule has 1 aromatic carbocycles. The maximum absolute atomic E-state index is 13.0. The molecule has 0 bridgehead atoms. The van der Waals surface area contributed by atoms with Crippen molar-refractivity contribution in [3.63, 3.8) is 0 Å². The average Bonchev–Trinajstić information content (AvgIpc) is 3.45. The summed E-state index contributed by atoms with van der Waals surface area (Å²) in [6, 6.07) is 13.3. The number of aryl methyl sites for hydroxylation is 1. The molecule has 7 heteroatoms. The minimum absolute atomic E-state index is 0.180. The van der Waals surface area contributed by atoms with Crippen molar-refractivity contribution in [3.8, 4) is 0 Å². The zero-order chi connectivity index (χ0) is 18.6. The SMILES string of the molecule is NCc1cccc2sc(N(CCCn3cccc3)C(=O)c3ccco3)nc12. The summed E-state index contributed by atoms with van der Waals surface area (Å²) in [7, 11) is 0. The molecule has 0 spiro atoms. The summed E-state index contributed by atoms with van der Waals surface area (Å²) in [6.07, 6.45) is 6.35. The number of carbonyl (C=O) groups is 1. The Bertz CT molecular complexity index is 1020. The van der Waals surface area contributed by atoms with E-state index in [-0.39, 0.29) is 5.91 Å². The molecule has 4 aromatic rings. The van der Waals surface area contributed by atoms with Gasteiger partial charge in [-0.2, -0.15) is 0 Å². The number of thiazole rings is 1. The van der Waals surface area contributed by atoms with Gasteiger partial charge in [-0.15, -0.1) is 0 Å². The van der Waals surface area contributed by atoms with E-state index in [9.17, 15) is 4.79 Å². The number of fused-ring (bicyclic) bond motifs is 1. The standard InChI is InChI=1S/C20H20N4O2S/c21-14-15-6-3-8-17-18(15)22-20(27-17)24(19(25)16-7-4-13-26-16)12-5-11-23-9-1-2-10-23/h1-4,6-10,13H,5,11-12,14,21H2. The molecule has 0 radical (unpaired) electrons. The molecule has 0 aliphatic rings. The van der Waals surface area contributed by atoms with E-state index in [1.807, 2.05) is 42.7 Å². The highest BCUT2D eigenvalue weighted by molar-refractivity contribution is 7.22. The van der Waals surface area contributed by atoms with Crippen LogP contribution in [0.15, 0.2) is 65.5 Å². The first-order chi connectivity index (χ1) is 13.3. The fraction of sp³-hybridized carbons (Fsp3) is 0.200. The van der Waals surface area contributed by atoms with Gasteiger partial charge in [0.25, 0.3) is 5.91 Å². The molecule has 0 saturated carbocycles. The van der Waals surface area contributed by atoms with Gasteiger partial charge in [0.05, 0.1) is 16.5 Å². The minimum Gasteiger partial charge on any atom is -0.459 e. The van der Waals surface area contributed by atoms with Crippen molar-refractivity contribution in [3.05, 3.63) is 72.4 Å². The zero-order valence-electron chi connectivity index (χ0n) is 14.7. The Balaban J connectivity index is 1.63. The number of aromatic nitrogens is 2. The largest absolute Gasteiger partial charge is 0.459 e. The number of hydrogen-bond acceptors (Lipinski definition) is 5. The molecule has 0 atom stereocenters. The smallest absolute Gasteiger partial charge is 0.295 e. The van der Waals surface area contributed by atoms with Crippen LogP contribution >= 0.6 is 11.3 Å². The summed E-state index contributed by atoms with van der Waals surface area (Å²) < 4.78 is 8.45. The van der Waals surface area contributed by atoms with Gasteiger partial charge in [-0.1, -0.05) is 23.5 Å². The fourth-order valence-corrected chi connectivity index (χ4v) is 4.06. The van der Waals surface area contributed by atoms with Crippen LogP contribution in [0.1, 0.15) is 22.5 Å². The molecule has 2 N–H and O–H groups in total. The van der Waals surface area contributed by atoms with Crippen molar-refractivity contribution < 1.29 is 9.21 Å². The normalized spacial score (nSPS) is 11.1. The molecule has 0 saturated heterocycles. The van der Waals surface area contributed by atoms with E-state index in [0.29, 0.717) is 24.0 Å². The van der Waals surface area contributed by atoms with Crippen molar-refractivity contribution in [1.29, 1.82) is 0 Å². The Hall–Kier alpha value is -2.90. The second kappa shape index (κ2) is 7.77. The monoisotopic (exact) mass is 380 g/mol. The Kier molecular flexibility index (Phi) is 5.04. The summed E-state index contributed by atoms with van der Waals surface area (Å²) in [5, 5.41) is 0.666. The Morgan fingerprint density at radius 1 is 1.19 bits per heavy atom. The van der Waals surface area contributed by atoms with Crippen molar-refractivity contribution in [1.82, 2.24) is 9.55 Å². The number of anilines is 1. The van der Waals surface area contributed by atoms with E-state index in [0.717, 1.165) is 28.7 Å². The summed E-state index contributed by atoms with van der Waals surface area (Å²) in [6.45, 7) is 1.80. The van der Waals surface area contributed by atoms with E-state index in [1.54, 1.807) is 17.0 Å². The van der Waals surface area contributed by atoms with Crippen LogP contribution in [0.25, 0.3) is 10.2 Å². The molecule has 6 nitrogen and oxygen atoms in total. The molecular formula is C20H20N4O2S. The van der Waals surface area contributed by atoms with Crippen molar-refractivity contribution in [2.45, 2.75) is 19.5 Å². The van der Waals surface area contributed by atoms with Gasteiger partial charge < -0.3 is 14.7 Å². The summed E-state index contributed by atoms with van der Waals surface area (Å²) in [5.41, 5.74) is 7.68. The number of carbonyl (C=O) groups excluding carboxylic acids is 1. The van der Waals surface area contributed by atoms with Gasteiger partial charge >= 0.3 is 0 Å². The minimum atomic E-state index is -0.180. The first-order valence-electron chi connectivity index (χ1n) is 8.81. The maximum Gasteiger partial charge on any atom is 0.295 e. The highest BCUT2D eigenvalue weighted by atomic mass is 32.1. The van der Waals surface area contributed by atoms with Crippen molar-refractivity contribution in [2.24, 2.45) is 5.73 Å². The van der Waals surface area contributed by atoms with Gasteiger partial charge in [0.1, 0.15) is 0 Å². The molecule has 0 aliphatic heterocycles. The average molecular weight is 380 g/mol. The molecule has 3 heterocycles. The zero-order valence-corrected chi connectivity index (χ0v) is 15.6. The number of rotatable bonds is 7. The second-order valence-corrected chi connectivity index (χ2v) is 7.18. The third kappa shape index (κ3) is 3.65. The van der Waals surface area contributed by atoms with Crippen molar-refractivity contribution in [2.75, 3.05) is 11.4 Å². The highest BCUT2D eigenvalue weighted by Crippen LogP contribution is 2.31. The van der Waals surface area contributed by atoms with E-state index < -0.39 is 0 Å². The highest BCUT2D eigenvalue weighted by Gasteiger charge is 2.23. The quantitative estimate of drug-likeness (QED) is 0.528. The fourth-order valence-electron chi connectivity index (χ4n) is 3.02. The first kappa shape index (κ1) is 17.5. The number of para-hydroxylation sites is 1. The molecule has 4 rings (SSSR count). The molecule has 3 aromatic heterocycles. The maximum atomic E-state index is 13.0. The van der Waals surface area contributed by atoms with Crippen LogP contribution in [-0.4, -0.2) is 22.0 Å². The van der Waals surface area contributed by atoms with Gasteiger partial charge in [-0.25, -0.2) is 4.98 Å². The predicted octanol–water partition coefficient (Wildman–Crippen LogP) is 3.89. The lowest BCUT2D eigenvalue weighted by molar-refractivity contribution is 0.0959. The molecule has 27 heavy (non-hydrogen) atoms. The summed E-state index contributed by atoms with van der Waals surface area (Å²) in [5.74, 6) is 0.134. The lowest BCUT2D eigenvalue weighted by Gasteiger charge is -2.18. The Morgan fingerprint density at radius 2 is 2.04 bits per heavy atom. The van der Waals surface area contributed by atoms with Crippen LogP contribution < -0.4 is 10.6 Å². The van der Waals surface area contributed by atoms with Crippen LogP contribution in [0.4, 0.5) is 5.13 Å². The van der Waals surface area contributed by atoms with Crippen molar-refractivity contribution >= 4 is 32.6 Å². The van der Waals surface area contributed by atoms with E-state index >= 15 is 0 Å². The van der Waals surface area contributed by atoms with Crippen LogP contribution in [-0.2, 0) is 13.1 Å². The molecule has 0 unspecified atom stereocenters. The topological polar surface area (TPSA) is 77.3 Å². The number of amides is 1. The third-order valence-electron chi connectivity index (χ3n) is 4.38. The third-order valence-corrected chi connectivity index (χ3v) is 5.43. The number of benzene rings is 1. The predicted molar refractivity (Wildman–Crippen MR) is 107 cm³/mol. The number of furan rings is 1. The van der Waals surface area contributed by atoms with E-state index in [1.165, 1.54) is 17.6 Å².